The Balaban J connectivity index is 2.90. The summed E-state index contributed by atoms with van der Waals surface area (Å²) in [6, 6.07) is 4.63. The van der Waals surface area contributed by atoms with Crippen molar-refractivity contribution < 1.29 is 13.2 Å². The highest BCUT2D eigenvalue weighted by molar-refractivity contribution is 6.43. The highest BCUT2D eigenvalue weighted by atomic mass is 35.5. The lowest BCUT2D eigenvalue weighted by Crippen LogP contribution is -2.04. The summed E-state index contributed by atoms with van der Waals surface area (Å²) in [5.41, 5.74) is 0.447. The van der Waals surface area contributed by atoms with Crippen LogP contribution in [0.25, 0.3) is 0 Å². The summed E-state index contributed by atoms with van der Waals surface area (Å²) in [6.07, 6.45) is -2.94. The second-order valence-corrected chi connectivity index (χ2v) is 4.28. The van der Waals surface area contributed by atoms with Crippen LogP contribution in [0.15, 0.2) is 40.0 Å². The molecule has 2 nitrogen and oxygen atoms in total. The van der Waals surface area contributed by atoms with E-state index in [1.54, 1.807) is 6.92 Å². The van der Waals surface area contributed by atoms with Crippen molar-refractivity contribution in [1.82, 2.24) is 0 Å². The van der Waals surface area contributed by atoms with Gasteiger partial charge in [-0.2, -0.15) is 13.2 Å². The zero-order chi connectivity index (χ0) is 14.6. The summed E-state index contributed by atoms with van der Waals surface area (Å²) in [7, 11) is 0. The molecule has 0 amide bonds. The fraction of sp³-hybridized carbons (Fsp3) is 0.231. The average Bonchev–Trinajstić information content (AvgIpc) is 2.34. The molecule has 1 rings (SSSR count). The maximum Gasteiger partial charge on any atom is 0.416 e. The molecular formula is C13H12ClF3N2. The molecule has 1 aromatic rings. The fourth-order valence-corrected chi connectivity index (χ4v) is 1.31. The maximum absolute atomic E-state index is 12.3. The van der Waals surface area contributed by atoms with Crippen molar-refractivity contribution in [3.63, 3.8) is 0 Å². The molecular weight excluding hydrogens is 277 g/mol. The van der Waals surface area contributed by atoms with Gasteiger partial charge in [0.25, 0.3) is 0 Å². The second-order valence-electron chi connectivity index (χ2n) is 3.90. The van der Waals surface area contributed by atoms with Crippen molar-refractivity contribution in [3.8, 4) is 0 Å². The van der Waals surface area contributed by atoms with Gasteiger partial charge in [-0.15, -0.1) is 0 Å². The van der Waals surface area contributed by atoms with Crippen molar-refractivity contribution in [3.05, 3.63) is 46.1 Å². The number of rotatable bonds is 3. The van der Waals surface area contributed by atoms with Crippen LogP contribution in [-0.2, 0) is 6.18 Å². The van der Waals surface area contributed by atoms with Gasteiger partial charge in [0.05, 0.1) is 16.3 Å². The van der Waals surface area contributed by atoms with E-state index in [0.717, 1.165) is 12.1 Å². The maximum atomic E-state index is 12.3. The van der Waals surface area contributed by atoms with Crippen molar-refractivity contribution >= 4 is 23.5 Å². The normalized spacial score (nSPS) is 13.6. The molecule has 0 bridgehead atoms. The Morgan fingerprint density at radius 3 is 2.16 bits per heavy atom. The van der Waals surface area contributed by atoms with Gasteiger partial charge in [-0.25, -0.2) is 0 Å². The molecule has 0 heterocycles. The smallest absolute Gasteiger partial charge is 0.304 e. The van der Waals surface area contributed by atoms with Crippen molar-refractivity contribution in [2.75, 3.05) is 0 Å². The number of halogens is 4. The van der Waals surface area contributed by atoms with E-state index in [1.807, 2.05) is 0 Å². The Labute approximate surface area is 114 Å². The highest BCUT2D eigenvalue weighted by Crippen LogP contribution is 2.28. The number of aliphatic imine (C=N–C) groups is 1. The molecule has 0 aromatic heterocycles. The first-order valence-electron chi connectivity index (χ1n) is 5.35. The number of nitrogens with one attached hydrogen (secondary N) is 1. The Bertz CT molecular complexity index is 528. The summed E-state index contributed by atoms with van der Waals surface area (Å²) in [6.45, 7) is 3.15. The van der Waals surface area contributed by atoms with E-state index in [9.17, 15) is 13.2 Å². The Morgan fingerprint density at radius 1 is 1.21 bits per heavy atom. The van der Waals surface area contributed by atoms with Crippen LogP contribution in [0.5, 0.6) is 0 Å². The third-order valence-corrected chi connectivity index (χ3v) is 2.85. The SMILES string of the molecule is CC(=N)C(Cl)=C(C)N=Cc1ccc(C(F)(F)F)cc1. The molecule has 102 valence electrons. The third-order valence-electron chi connectivity index (χ3n) is 2.29. The van der Waals surface area contributed by atoms with Crippen LogP contribution in [0, 0.1) is 5.41 Å². The van der Waals surface area contributed by atoms with Crippen molar-refractivity contribution in [1.29, 1.82) is 5.41 Å². The van der Waals surface area contributed by atoms with Gasteiger partial charge in [-0.3, -0.25) is 4.99 Å². The van der Waals surface area contributed by atoms with E-state index >= 15 is 0 Å². The van der Waals surface area contributed by atoms with Gasteiger partial charge in [0.15, 0.2) is 0 Å². The first-order chi connectivity index (χ1) is 8.71. The predicted molar refractivity (Wildman–Crippen MR) is 71.0 cm³/mol. The monoisotopic (exact) mass is 288 g/mol. The van der Waals surface area contributed by atoms with E-state index in [2.05, 4.69) is 4.99 Å². The minimum Gasteiger partial charge on any atom is -0.304 e. The first kappa shape index (κ1) is 15.4. The van der Waals surface area contributed by atoms with Gasteiger partial charge < -0.3 is 5.41 Å². The van der Waals surface area contributed by atoms with Gasteiger partial charge in [-0.05, 0) is 31.5 Å². The first-order valence-corrected chi connectivity index (χ1v) is 5.73. The zero-order valence-electron chi connectivity index (χ0n) is 10.3. The Morgan fingerprint density at radius 2 is 1.74 bits per heavy atom. The molecule has 0 saturated heterocycles. The number of alkyl halides is 3. The molecule has 1 N–H and O–H groups in total. The second kappa shape index (κ2) is 6.02. The summed E-state index contributed by atoms with van der Waals surface area (Å²) >= 11 is 5.81. The fourth-order valence-electron chi connectivity index (χ4n) is 1.26. The molecule has 0 unspecified atom stereocenters. The molecule has 0 aliphatic carbocycles. The standard InChI is InChI=1S/C13H12ClF3N2/c1-8(18)12(14)9(2)19-7-10-3-5-11(6-4-10)13(15,16)17/h3-7,18H,1-2H3. The van der Waals surface area contributed by atoms with Crippen LogP contribution in [0.4, 0.5) is 13.2 Å². The van der Waals surface area contributed by atoms with Crippen LogP contribution >= 0.6 is 11.6 Å². The number of hydrogen-bond acceptors (Lipinski definition) is 2. The van der Waals surface area contributed by atoms with Crippen molar-refractivity contribution in [2.24, 2.45) is 4.99 Å². The topological polar surface area (TPSA) is 36.2 Å². The van der Waals surface area contributed by atoms with Gasteiger partial charge in [0, 0.05) is 11.9 Å². The predicted octanol–water partition coefficient (Wildman–Crippen LogP) is 4.63. The van der Waals surface area contributed by atoms with E-state index in [-0.39, 0.29) is 10.7 Å². The Hall–Kier alpha value is -1.62. The largest absolute Gasteiger partial charge is 0.416 e. The van der Waals surface area contributed by atoms with E-state index in [1.165, 1.54) is 25.3 Å². The van der Waals surface area contributed by atoms with Crippen LogP contribution in [0.2, 0.25) is 0 Å². The van der Waals surface area contributed by atoms with Gasteiger partial charge in [0.2, 0.25) is 0 Å². The van der Waals surface area contributed by atoms with Crippen molar-refractivity contribution in [2.45, 2.75) is 20.0 Å². The van der Waals surface area contributed by atoms with Crippen LogP contribution in [0.3, 0.4) is 0 Å². The lowest BCUT2D eigenvalue weighted by molar-refractivity contribution is -0.137. The lowest BCUT2D eigenvalue weighted by Gasteiger charge is -2.05. The summed E-state index contributed by atoms with van der Waals surface area (Å²) in [4.78, 5) is 4.01. The number of hydrogen-bond donors (Lipinski definition) is 1. The lowest BCUT2D eigenvalue weighted by atomic mass is 10.1. The van der Waals surface area contributed by atoms with Crippen LogP contribution in [-0.4, -0.2) is 11.9 Å². The van der Waals surface area contributed by atoms with E-state index in [0.29, 0.717) is 11.3 Å². The summed E-state index contributed by atoms with van der Waals surface area (Å²) in [5.74, 6) is 0. The van der Waals surface area contributed by atoms with Crippen LogP contribution < -0.4 is 0 Å². The Kier molecular flexibility index (Phi) is 4.89. The minimum atomic E-state index is -4.34. The molecule has 0 saturated carbocycles. The molecule has 0 atom stereocenters. The number of allylic oxidation sites excluding steroid dienone is 2. The summed E-state index contributed by atoms with van der Waals surface area (Å²) < 4.78 is 37.0. The third kappa shape index (κ3) is 4.52. The molecule has 0 fully saturated rings. The molecule has 1 aromatic carbocycles. The molecule has 6 heteroatoms. The van der Waals surface area contributed by atoms with E-state index < -0.39 is 11.7 Å². The number of benzene rings is 1. The van der Waals surface area contributed by atoms with Crippen LogP contribution in [0.1, 0.15) is 25.0 Å². The minimum absolute atomic E-state index is 0.184. The quantitative estimate of drug-likeness (QED) is 0.787. The van der Waals surface area contributed by atoms with E-state index in [4.69, 9.17) is 17.0 Å². The summed E-state index contributed by atoms with van der Waals surface area (Å²) in [5, 5.41) is 7.55. The van der Waals surface area contributed by atoms with Gasteiger partial charge in [0.1, 0.15) is 0 Å². The molecule has 0 spiro atoms. The number of nitrogens with zero attached hydrogens (tertiary/aromatic N) is 1. The highest BCUT2D eigenvalue weighted by Gasteiger charge is 2.29. The average molecular weight is 289 g/mol. The zero-order valence-corrected chi connectivity index (χ0v) is 11.1. The van der Waals surface area contributed by atoms with Gasteiger partial charge >= 0.3 is 6.18 Å². The molecule has 0 radical (unpaired) electrons. The molecule has 0 aliphatic rings. The molecule has 0 aliphatic heterocycles. The molecule has 19 heavy (non-hydrogen) atoms. The van der Waals surface area contributed by atoms with Gasteiger partial charge in [-0.1, -0.05) is 23.7 Å².